The van der Waals surface area contributed by atoms with Crippen LogP contribution in [-0.2, 0) is 6.54 Å². The Kier molecular flexibility index (Phi) is 6.90. The van der Waals surface area contributed by atoms with Crippen LogP contribution < -0.4 is 5.32 Å². The molecule has 0 radical (unpaired) electrons. The molecule has 0 saturated carbocycles. The Balaban J connectivity index is 1.96. The molecule has 2 rings (SSSR count). The zero-order valence-corrected chi connectivity index (χ0v) is 15.7. The van der Waals surface area contributed by atoms with E-state index < -0.39 is 0 Å². The third-order valence-corrected chi connectivity index (χ3v) is 4.98. The molecule has 0 atom stereocenters. The van der Waals surface area contributed by atoms with E-state index in [0.29, 0.717) is 24.5 Å². The molecule has 0 aliphatic carbocycles. The van der Waals surface area contributed by atoms with Crippen molar-refractivity contribution in [1.29, 1.82) is 0 Å². The summed E-state index contributed by atoms with van der Waals surface area (Å²) >= 11 is 1.92. The van der Waals surface area contributed by atoms with Gasteiger partial charge in [0.2, 0.25) is 0 Å². The molecule has 0 bridgehead atoms. The zero-order valence-electron chi connectivity index (χ0n) is 14.9. The van der Waals surface area contributed by atoms with Crippen LogP contribution in [0.25, 0.3) is 0 Å². The molecule has 0 aliphatic heterocycles. The number of aryl methyl sites for hydroxylation is 3. The minimum Gasteiger partial charge on any atom is -0.361 e. The maximum absolute atomic E-state index is 12.4. The van der Waals surface area contributed by atoms with E-state index in [4.69, 9.17) is 4.52 Å². The maximum atomic E-state index is 12.4. The van der Waals surface area contributed by atoms with Crippen LogP contribution in [0.1, 0.15) is 53.0 Å². The van der Waals surface area contributed by atoms with Crippen LogP contribution in [0.3, 0.4) is 0 Å². The highest BCUT2D eigenvalue weighted by Gasteiger charge is 2.20. The van der Waals surface area contributed by atoms with E-state index in [9.17, 15) is 4.79 Å². The summed E-state index contributed by atoms with van der Waals surface area (Å²) in [5.41, 5.74) is 3.16. The predicted octanol–water partition coefficient (Wildman–Crippen LogP) is 3.11. The Morgan fingerprint density at radius 3 is 2.79 bits per heavy atom. The second kappa shape index (κ2) is 8.92. The van der Waals surface area contributed by atoms with Gasteiger partial charge >= 0.3 is 0 Å². The van der Waals surface area contributed by atoms with E-state index in [1.54, 1.807) is 0 Å². The fourth-order valence-corrected chi connectivity index (χ4v) is 3.29. The summed E-state index contributed by atoms with van der Waals surface area (Å²) in [6.07, 6.45) is 2.14. The second-order valence-electron chi connectivity index (χ2n) is 5.87. The molecule has 7 heteroatoms. The molecule has 0 saturated heterocycles. The average molecular weight is 350 g/mol. The first-order valence-corrected chi connectivity index (χ1v) is 9.50. The minimum atomic E-state index is -0.177. The van der Waals surface area contributed by atoms with E-state index in [0.717, 1.165) is 29.1 Å². The average Bonchev–Trinajstić information content (AvgIpc) is 3.06. The summed E-state index contributed by atoms with van der Waals surface area (Å²) in [5, 5.41) is 11.3. The lowest BCUT2D eigenvalue weighted by Gasteiger charge is -2.06. The molecule has 0 aliphatic rings. The van der Waals surface area contributed by atoms with Crippen molar-refractivity contribution in [3.63, 3.8) is 0 Å². The van der Waals surface area contributed by atoms with Crippen molar-refractivity contribution in [3.05, 3.63) is 34.5 Å². The van der Waals surface area contributed by atoms with Gasteiger partial charge in [0, 0.05) is 17.8 Å². The summed E-state index contributed by atoms with van der Waals surface area (Å²) in [5.74, 6) is 2.71. The predicted molar refractivity (Wildman–Crippen MR) is 96.6 cm³/mol. The largest absolute Gasteiger partial charge is 0.361 e. The molecule has 24 heavy (non-hydrogen) atoms. The van der Waals surface area contributed by atoms with Gasteiger partial charge in [0.15, 0.2) is 5.69 Å². The number of carbonyl (C=O) groups excluding carboxylic acids is 1. The monoisotopic (exact) mass is 350 g/mol. The smallest absolute Gasteiger partial charge is 0.273 e. The summed E-state index contributed by atoms with van der Waals surface area (Å²) in [6.45, 7) is 9.09. The number of amides is 1. The molecule has 0 spiro atoms. The molecule has 0 fully saturated rings. The summed E-state index contributed by atoms with van der Waals surface area (Å²) in [4.78, 5) is 12.4. The quantitative estimate of drug-likeness (QED) is 0.704. The first kappa shape index (κ1) is 18.6. The normalized spacial score (nSPS) is 11.0. The molecule has 2 aromatic rings. The molecule has 132 valence electrons. The van der Waals surface area contributed by atoms with E-state index >= 15 is 0 Å². The number of thioether (sulfide) groups is 1. The van der Waals surface area contributed by atoms with E-state index in [1.165, 1.54) is 12.2 Å². The molecular formula is C17H26N4O2S. The number of nitrogens with one attached hydrogen (secondary N) is 1. The van der Waals surface area contributed by atoms with Crippen LogP contribution in [-0.4, -0.2) is 38.9 Å². The Labute approximate surface area is 147 Å². The van der Waals surface area contributed by atoms with Crippen LogP contribution in [0.5, 0.6) is 0 Å². The van der Waals surface area contributed by atoms with Gasteiger partial charge in [-0.25, -0.2) is 0 Å². The van der Waals surface area contributed by atoms with Gasteiger partial charge in [-0.15, -0.1) is 0 Å². The van der Waals surface area contributed by atoms with Gasteiger partial charge in [0.25, 0.3) is 5.91 Å². The van der Waals surface area contributed by atoms with Crippen molar-refractivity contribution in [2.24, 2.45) is 0 Å². The van der Waals surface area contributed by atoms with E-state index in [1.807, 2.05) is 43.3 Å². The molecule has 6 nitrogen and oxygen atoms in total. The Morgan fingerprint density at radius 2 is 2.12 bits per heavy atom. The SMILES string of the molecule is CCCSCCCNC(=O)c1noc(C)c1Cn1nc(C)cc1C. The van der Waals surface area contributed by atoms with Crippen molar-refractivity contribution in [2.75, 3.05) is 18.1 Å². The van der Waals surface area contributed by atoms with E-state index in [2.05, 4.69) is 22.5 Å². The highest BCUT2D eigenvalue weighted by Crippen LogP contribution is 2.16. The molecular weight excluding hydrogens is 324 g/mol. The van der Waals surface area contributed by atoms with Crippen LogP contribution in [0.2, 0.25) is 0 Å². The lowest BCUT2D eigenvalue weighted by Crippen LogP contribution is -2.26. The highest BCUT2D eigenvalue weighted by atomic mass is 32.2. The van der Waals surface area contributed by atoms with Gasteiger partial charge in [0.1, 0.15) is 5.76 Å². The van der Waals surface area contributed by atoms with Crippen molar-refractivity contribution in [1.82, 2.24) is 20.3 Å². The van der Waals surface area contributed by atoms with Gasteiger partial charge in [0.05, 0.1) is 12.2 Å². The fraction of sp³-hybridized carbons (Fsp3) is 0.588. The fourth-order valence-electron chi connectivity index (χ4n) is 2.45. The standard InChI is InChI=1S/C17H26N4O2S/c1-5-8-24-9-6-7-18-17(22)16-15(14(4)23-20-16)11-21-13(3)10-12(2)19-21/h10H,5-9,11H2,1-4H3,(H,18,22). The number of carbonyl (C=O) groups is 1. The van der Waals surface area contributed by atoms with Crippen LogP contribution in [0.4, 0.5) is 0 Å². The topological polar surface area (TPSA) is 73.0 Å². The lowest BCUT2D eigenvalue weighted by molar-refractivity contribution is 0.0944. The molecule has 0 aromatic carbocycles. The van der Waals surface area contributed by atoms with Gasteiger partial charge in [-0.1, -0.05) is 12.1 Å². The van der Waals surface area contributed by atoms with Crippen LogP contribution in [0.15, 0.2) is 10.6 Å². The van der Waals surface area contributed by atoms with Crippen molar-refractivity contribution in [3.8, 4) is 0 Å². The van der Waals surface area contributed by atoms with Gasteiger partial charge < -0.3 is 9.84 Å². The first-order valence-electron chi connectivity index (χ1n) is 8.35. The first-order chi connectivity index (χ1) is 11.5. The molecule has 2 heterocycles. The number of aromatic nitrogens is 3. The highest BCUT2D eigenvalue weighted by molar-refractivity contribution is 7.99. The molecule has 1 amide bonds. The number of nitrogens with zero attached hydrogens (tertiary/aromatic N) is 3. The Bertz CT molecular complexity index is 678. The molecule has 2 aromatic heterocycles. The minimum absolute atomic E-state index is 0.177. The summed E-state index contributed by atoms with van der Waals surface area (Å²) in [7, 11) is 0. The van der Waals surface area contributed by atoms with Crippen LogP contribution >= 0.6 is 11.8 Å². The lowest BCUT2D eigenvalue weighted by atomic mass is 10.2. The molecule has 1 N–H and O–H groups in total. The van der Waals surface area contributed by atoms with Gasteiger partial charge in [-0.05, 0) is 51.2 Å². The van der Waals surface area contributed by atoms with Crippen molar-refractivity contribution >= 4 is 17.7 Å². The number of hydrogen-bond donors (Lipinski definition) is 1. The Morgan fingerprint density at radius 1 is 1.33 bits per heavy atom. The number of rotatable bonds is 9. The summed E-state index contributed by atoms with van der Waals surface area (Å²) < 4.78 is 7.11. The Hall–Kier alpha value is -1.76. The van der Waals surface area contributed by atoms with Gasteiger partial charge in [-0.2, -0.15) is 16.9 Å². The van der Waals surface area contributed by atoms with Gasteiger partial charge in [-0.3, -0.25) is 9.48 Å². The van der Waals surface area contributed by atoms with Crippen molar-refractivity contribution in [2.45, 2.75) is 47.1 Å². The second-order valence-corrected chi connectivity index (χ2v) is 7.10. The maximum Gasteiger partial charge on any atom is 0.273 e. The zero-order chi connectivity index (χ0) is 17.5. The molecule has 0 unspecified atom stereocenters. The van der Waals surface area contributed by atoms with Crippen LogP contribution in [0, 0.1) is 20.8 Å². The number of hydrogen-bond acceptors (Lipinski definition) is 5. The van der Waals surface area contributed by atoms with E-state index in [-0.39, 0.29) is 5.91 Å². The van der Waals surface area contributed by atoms with Crippen molar-refractivity contribution < 1.29 is 9.32 Å². The third-order valence-electron chi connectivity index (χ3n) is 3.71. The third kappa shape index (κ3) is 4.87. The summed E-state index contributed by atoms with van der Waals surface area (Å²) in [6, 6.07) is 2.01.